The summed E-state index contributed by atoms with van der Waals surface area (Å²) in [5.74, 6) is 0.738. The molecule has 0 aliphatic carbocycles. The molecule has 1 aromatic heterocycles. The molecule has 8 heteroatoms. The van der Waals surface area contributed by atoms with Gasteiger partial charge in [0.2, 0.25) is 0 Å². The lowest BCUT2D eigenvalue weighted by Gasteiger charge is -2.36. The standard InChI is InChI=1S/C22H21F3N4O/c23-22(24,25)18-2-1-3-19(12-18)28-8-10-29(11-9-28)21-14-26-13-20(27-21)17-6-4-16(15-30)5-7-17/h1-7,12-14,30H,8-11,15H2. The van der Waals surface area contributed by atoms with E-state index in [0.717, 1.165) is 28.7 Å². The predicted molar refractivity (Wildman–Crippen MR) is 109 cm³/mol. The van der Waals surface area contributed by atoms with E-state index in [9.17, 15) is 18.3 Å². The number of hydrogen-bond donors (Lipinski definition) is 1. The normalized spacial score (nSPS) is 14.8. The highest BCUT2D eigenvalue weighted by atomic mass is 19.4. The summed E-state index contributed by atoms with van der Waals surface area (Å²) >= 11 is 0. The van der Waals surface area contributed by atoms with Gasteiger partial charge in [-0.05, 0) is 23.8 Å². The molecule has 0 amide bonds. The average Bonchev–Trinajstić information content (AvgIpc) is 2.79. The summed E-state index contributed by atoms with van der Waals surface area (Å²) in [6.45, 7) is 2.45. The van der Waals surface area contributed by atoms with Crippen LogP contribution in [0.1, 0.15) is 11.1 Å². The van der Waals surface area contributed by atoms with Gasteiger partial charge in [0.15, 0.2) is 0 Å². The zero-order valence-corrected chi connectivity index (χ0v) is 16.2. The van der Waals surface area contributed by atoms with Crippen LogP contribution in [0, 0.1) is 0 Å². The topological polar surface area (TPSA) is 52.5 Å². The molecule has 0 radical (unpaired) electrons. The number of aliphatic hydroxyl groups is 1. The van der Waals surface area contributed by atoms with Crippen LogP contribution in [0.15, 0.2) is 60.9 Å². The SMILES string of the molecule is OCc1ccc(-c2cncc(N3CCN(c4cccc(C(F)(F)F)c4)CC3)n2)cc1. The molecular weight excluding hydrogens is 393 g/mol. The number of halogens is 3. The summed E-state index contributed by atoms with van der Waals surface area (Å²) in [4.78, 5) is 13.0. The first kappa shape index (κ1) is 20.2. The molecule has 1 fully saturated rings. The second-order valence-electron chi connectivity index (χ2n) is 7.14. The van der Waals surface area contributed by atoms with Crippen molar-refractivity contribution in [3.05, 3.63) is 72.1 Å². The van der Waals surface area contributed by atoms with Crippen LogP contribution < -0.4 is 9.80 Å². The van der Waals surface area contributed by atoms with Gasteiger partial charge in [0.1, 0.15) is 5.82 Å². The van der Waals surface area contributed by atoms with E-state index in [1.54, 1.807) is 18.5 Å². The summed E-state index contributed by atoms with van der Waals surface area (Å²) in [6.07, 6.45) is -0.953. The number of aliphatic hydroxyl groups excluding tert-OH is 1. The molecule has 4 rings (SSSR count). The first-order chi connectivity index (χ1) is 14.4. The molecule has 0 saturated carbocycles. The van der Waals surface area contributed by atoms with Crippen LogP contribution in [0.4, 0.5) is 24.7 Å². The Labute approximate surface area is 172 Å². The third-order valence-corrected chi connectivity index (χ3v) is 5.20. The molecule has 30 heavy (non-hydrogen) atoms. The van der Waals surface area contributed by atoms with E-state index >= 15 is 0 Å². The van der Waals surface area contributed by atoms with Crippen molar-refractivity contribution in [1.82, 2.24) is 9.97 Å². The predicted octanol–water partition coefficient (Wildman–Crippen LogP) is 3.98. The van der Waals surface area contributed by atoms with Crippen molar-refractivity contribution in [2.45, 2.75) is 12.8 Å². The highest BCUT2D eigenvalue weighted by molar-refractivity contribution is 5.61. The first-order valence-electron chi connectivity index (χ1n) is 9.63. The Bertz CT molecular complexity index is 1000. The number of benzene rings is 2. The fourth-order valence-corrected chi connectivity index (χ4v) is 3.50. The minimum atomic E-state index is -4.34. The largest absolute Gasteiger partial charge is 0.416 e. The van der Waals surface area contributed by atoms with Gasteiger partial charge < -0.3 is 14.9 Å². The maximum Gasteiger partial charge on any atom is 0.416 e. The Kier molecular flexibility index (Phi) is 5.59. The van der Waals surface area contributed by atoms with Crippen LogP contribution in [0.3, 0.4) is 0 Å². The molecule has 0 bridgehead atoms. The van der Waals surface area contributed by atoms with Crippen LogP contribution in [-0.2, 0) is 12.8 Å². The molecule has 156 valence electrons. The second kappa shape index (κ2) is 8.31. The minimum absolute atomic E-state index is 0.0118. The number of piperazine rings is 1. The van der Waals surface area contributed by atoms with Crippen molar-refractivity contribution in [2.75, 3.05) is 36.0 Å². The lowest BCUT2D eigenvalue weighted by atomic mass is 10.1. The van der Waals surface area contributed by atoms with Crippen molar-refractivity contribution >= 4 is 11.5 Å². The maximum absolute atomic E-state index is 13.0. The zero-order chi connectivity index (χ0) is 21.1. The number of aromatic nitrogens is 2. The zero-order valence-electron chi connectivity index (χ0n) is 16.2. The Morgan fingerprint density at radius 3 is 2.27 bits per heavy atom. The Morgan fingerprint density at radius 2 is 1.60 bits per heavy atom. The summed E-state index contributed by atoms with van der Waals surface area (Å²) < 4.78 is 39.0. The van der Waals surface area contributed by atoms with E-state index in [1.165, 1.54) is 12.1 Å². The summed E-state index contributed by atoms with van der Waals surface area (Å²) in [5.41, 5.74) is 2.41. The summed E-state index contributed by atoms with van der Waals surface area (Å²) in [5, 5.41) is 9.18. The molecule has 1 aliphatic heterocycles. The van der Waals surface area contributed by atoms with E-state index in [2.05, 4.69) is 9.88 Å². The number of rotatable bonds is 4. The lowest BCUT2D eigenvalue weighted by molar-refractivity contribution is -0.137. The monoisotopic (exact) mass is 414 g/mol. The van der Waals surface area contributed by atoms with Crippen molar-refractivity contribution in [2.24, 2.45) is 0 Å². The molecule has 0 atom stereocenters. The van der Waals surface area contributed by atoms with Crippen molar-refractivity contribution < 1.29 is 18.3 Å². The molecule has 2 aromatic carbocycles. The van der Waals surface area contributed by atoms with Gasteiger partial charge in [0.05, 0.1) is 30.3 Å². The molecule has 0 spiro atoms. The highest BCUT2D eigenvalue weighted by Gasteiger charge is 2.31. The van der Waals surface area contributed by atoms with Crippen LogP contribution in [0.2, 0.25) is 0 Å². The molecule has 3 aromatic rings. The van der Waals surface area contributed by atoms with Crippen molar-refractivity contribution in [3.8, 4) is 11.3 Å². The van der Waals surface area contributed by atoms with Gasteiger partial charge in [-0.15, -0.1) is 0 Å². The quantitative estimate of drug-likeness (QED) is 0.700. The van der Waals surface area contributed by atoms with E-state index in [1.807, 2.05) is 29.2 Å². The van der Waals surface area contributed by atoms with Gasteiger partial charge in [-0.2, -0.15) is 13.2 Å². The van der Waals surface area contributed by atoms with Crippen molar-refractivity contribution in [1.29, 1.82) is 0 Å². The highest BCUT2D eigenvalue weighted by Crippen LogP contribution is 2.32. The minimum Gasteiger partial charge on any atom is -0.392 e. The maximum atomic E-state index is 13.0. The second-order valence-corrected chi connectivity index (χ2v) is 7.14. The van der Waals surface area contributed by atoms with Crippen LogP contribution in [0.25, 0.3) is 11.3 Å². The van der Waals surface area contributed by atoms with Gasteiger partial charge in [-0.25, -0.2) is 4.98 Å². The Balaban J connectivity index is 1.45. The third kappa shape index (κ3) is 4.38. The van der Waals surface area contributed by atoms with E-state index < -0.39 is 11.7 Å². The fraction of sp³-hybridized carbons (Fsp3) is 0.273. The van der Waals surface area contributed by atoms with Crippen molar-refractivity contribution in [3.63, 3.8) is 0 Å². The van der Waals surface area contributed by atoms with Gasteiger partial charge >= 0.3 is 6.18 Å². The number of hydrogen-bond acceptors (Lipinski definition) is 5. The van der Waals surface area contributed by atoms with E-state index in [0.29, 0.717) is 31.9 Å². The van der Waals surface area contributed by atoms with Crippen LogP contribution >= 0.6 is 0 Å². The molecule has 2 heterocycles. The third-order valence-electron chi connectivity index (χ3n) is 5.20. The van der Waals surface area contributed by atoms with Gasteiger partial charge in [0.25, 0.3) is 0 Å². The molecule has 1 aliphatic rings. The average molecular weight is 414 g/mol. The summed E-state index contributed by atoms with van der Waals surface area (Å²) in [7, 11) is 0. The number of alkyl halides is 3. The van der Waals surface area contributed by atoms with Gasteiger partial charge in [0, 0.05) is 37.4 Å². The summed E-state index contributed by atoms with van der Waals surface area (Å²) in [6, 6.07) is 12.9. The number of anilines is 2. The fourth-order valence-electron chi connectivity index (χ4n) is 3.50. The Hall–Kier alpha value is -3.13. The van der Waals surface area contributed by atoms with Crippen LogP contribution in [0.5, 0.6) is 0 Å². The van der Waals surface area contributed by atoms with E-state index in [-0.39, 0.29) is 6.61 Å². The molecule has 0 unspecified atom stereocenters. The Morgan fingerprint density at radius 1 is 0.900 bits per heavy atom. The molecule has 1 saturated heterocycles. The first-order valence-corrected chi connectivity index (χ1v) is 9.63. The van der Waals surface area contributed by atoms with E-state index in [4.69, 9.17) is 4.98 Å². The van der Waals surface area contributed by atoms with Gasteiger partial charge in [-0.1, -0.05) is 30.3 Å². The van der Waals surface area contributed by atoms with Crippen LogP contribution in [-0.4, -0.2) is 41.3 Å². The van der Waals surface area contributed by atoms with Gasteiger partial charge in [-0.3, -0.25) is 4.98 Å². The molecule has 5 nitrogen and oxygen atoms in total. The molecule has 1 N–H and O–H groups in total. The number of nitrogens with zero attached hydrogens (tertiary/aromatic N) is 4. The smallest absolute Gasteiger partial charge is 0.392 e. The molecular formula is C22H21F3N4O. The lowest BCUT2D eigenvalue weighted by Crippen LogP contribution is -2.47.